The molecule has 1 aliphatic heterocycles. The average molecular weight is 284 g/mol. The van der Waals surface area contributed by atoms with Crippen LogP contribution in [-0.4, -0.2) is 18.4 Å². The average Bonchev–Trinajstić information content (AvgIpc) is 3.11. The quantitative estimate of drug-likeness (QED) is 0.864. The minimum Gasteiger partial charge on any atom is -0.326 e. The van der Waals surface area contributed by atoms with Crippen LogP contribution in [0.1, 0.15) is 32.1 Å². The summed E-state index contributed by atoms with van der Waals surface area (Å²) in [6.45, 7) is 0.790. The summed E-state index contributed by atoms with van der Waals surface area (Å²) in [4.78, 5) is 25.4. The molecule has 2 aliphatic rings. The van der Waals surface area contributed by atoms with E-state index in [4.69, 9.17) is 0 Å². The molecule has 4 nitrogen and oxygen atoms in total. The molecule has 0 unspecified atom stereocenters. The molecule has 110 valence electrons. The monoisotopic (exact) mass is 284 g/mol. The van der Waals surface area contributed by atoms with Crippen LogP contribution >= 0.6 is 0 Å². The minimum atomic E-state index is 0.0524. The molecule has 4 heteroatoms. The summed E-state index contributed by atoms with van der Waals surface area (Å²) in [5.74, 6) is 0.614. The highest BCUT2D eigenvalue weighted by atomic mass is 16.2. The van der Waals surface area contributed by atoms with E-state index in [0.717, 1.165) is 37.2 Å². The number of carbonyl (C=O) groups is 2. The summed E-state index contributed by atoms with van der Waals surface area (Å²) in [6.07, 6.45) is 8.52. The Bertz CT molecular complexity index is 563. The van der Waals surface area contributed by atoms with E-state index in [0.29, 0.717) is 18.8 Å². The maximum absolute atomic E-state index is 12.0. The molecule has 1 N–H and O–H groups in total. The van der Waals surface area contributed by atoms with Gasteiger partial charge < -0.3 is 10.2 Å². The fourth-order valence-corrected chi connectivity index (χ4v) is 2.96. The van der Waals surface area contributed by atoms with Crippen molar-refractivity contribution >= 4 is 23.2 Å². The molecule has 0 radical (unpaired) electrons. The van der Waals surface area contributed by atoms with Crippen molar-refractivity contribution < 1.29 is 9.59 Å². The smallest absolute Gasteiger partial charge is 0.227 e. The Morgan fingerprint density at radius 1 is 1.29 bits per heavy atom. The molecule has 1 aromatic rings. The van der Waals surface area contributed by atoms with Gasteiger partial charge in [0.25, 0.3) is 0 Å². The minimum absolute atomic E-state index is 0.0524. The van der Waals surface area contributed by atoms with E-state index in [1.165, 1.54) is 0 Å². The summed E-state index contributed by atoms with van der Waals surface area (Å²) in [5.41, 5.74) is 1.70. The Hall–Kier alpha value is -2.10. The van der Waals surface area contributed by atoms with E-state index in [2.05, 4.69) is 17.5 Å². The highest BCUT2D eigenvalue weighted by Gasteiger charge is 2.21. The van der Waals surface area contributed by atoms with Crippen LogP contribution in [0.15, 0.2) is 36.4 Å². The van der Waals surface area contributed by atoms with Crippen molar-refractivity contribution in [2.75, 3.05) is 16.8 Å². The second-order valence-corrected chi connectivity index (χ2v) is 5.71. The van der Waals surface area contributed by atoms with Crippen molar-refractivity contribution in [2.45, 2.75) is 32.1 Å². The van der Waals surface area contributed by atoms with Gasteiger partial charge in [0.1, 0.15) is 0 Å². The number of nitrogens with one attached hydrogen (secondary N) is 1. The molecule has 0 aromatic heterocycles. The lowest BCUT2D eigenvalue weighted by Gasteiger charge is -2.16. The summed E-state index contributed by atoms with van der Waals surface area (Å²) in [5, 5.41) is 2.92. The van der Waals surface area contributed by atoms with Crippen molar-refractivity contribution in [1.29, 1.82) is 0 Å². The van der Waals surface area contributed by atoms with Gasteiger partial charge in [-0.05, 0) is 49.4 Å². The van der Waals surface area contributed by atoms with Gasteiger partial charge in [-0.1, -0.05) is 12.2 Å². The highest BCUT2D eigenvalue weighted by Crippen LogP contribution is 2.24. The Morgan fingerprint density at radius 3 is 2.71 bits per heavy atom. The molecule has 1 aliphatic carbocycles. The Kier molecular flexibility index (Phi) is 4.04. The number of allylic oxidation sites excluding steroid dienone is 2. The molecular weight excluding hydrogens is 264 g/mol. The zero-order valence-corrected chi connectivity index (χ0v) is 12.0. The fraction of sp³-hybridized carbons (Fsp3) is 0.412. The second-order valence-electron chi connectivity index (χ2n) is 5.71. The van der Waals surface area contributed by atoms with E-state index in [9.17, 15) is 9.59 Å². The predicted molar refractivity (Wildman–Crippen MR) is 83.1 cm³/mol. The van der Waals surface area contributed by atoms with E-state index >= 15 is 0 Å². The molecule has 1 saturated heterocycles. The third-order valence-electron chi connectivity index (χ3n) is 4.10. The summed E-state index contributed by atoms with van der Waals surface area (Å²) in [6, 6.07) is 7.52. The highest BCUT2D eigenvalue weighted by molar-refractivity contribution is 5.96. The maximum atomic E-state index is 12.0. The van der Waals surface area contributed by atoms with Gasteiger partial charge in [0.15, 0.2) is 0 Å². The molecule has 1 heterocycles. The van der Waals surface area contributed by atoms with Crippen LogP contribution in [0.4, 0.5) is 11.4 Å². The van der Waals surface area contributed by atoms with Crippen molar-refractivity contribution in [3.63, 3.8) is 0 Å². The molecule has 0 bridgehead atoms. The molecule has 1 aromatic carbocycles. The van der Waals surface area contributed by atoms with Crippen molar-refractivity contribution in [2.24, 2.45) is 5.92 Å². The molecule has 2 amide bonds. The molecule has 1 fully saturated rings. The van der Waals surface area contributed by atoms with Gasteiger partial charge in [-0.15, -0.1) is 0 Å². The number of carbonyl (C=O) groups excluding carboxylic acids is 2. The first-order chi connectivity index (χ1) is 10.2. The van der Waals surface area contributed by atoms with Gasteiger partial charge in [-0.25, -0.2) is 0 Å². The zero-order chi connectivity index (χ0) is 14.7. The summed E-state index contributed by atoms with van der Waals surface area (Å²) < 4.78 is 0. The zero-order valence-electron chi connectivity index (χ0n) is 12.0. The van der Waals surface area contributed by atoms with Crippen LogP contribution in [0.3, 0.4) is 0 Å². The Labute approximate surface area is 124 Å². The fourth-order valence-electron chi connectivity index (χ4n) is 2.96. The molecule has 0 spiro atoms. The number of hydrogen-bond donors (Lipinski definition) is 1. The number of nitrogens with zero attached hydrogens (tertiary/aromatic N) is 1. The van der Waals surface area contributed by atoms with Gasteiger partial charge >= 0.3 is 0 Å². The number of rotatable bonds is 4. The predicted octanol–water partition coefficient (Wildman–Crippen LogP) is 3.11. The lowest BCUT2D eigenvalue weighted by atomic mass is 10.1. The van der Waals surface area contributed by atoms with Crippen LogP contribution in [0.25, 0.3) is 0 Å². The second kappa shape index (κ2) is 6.12. The summed E-state index contributed by atoms with van der Waals surface area (Å²) >= 11 is 0. The maximum Gasteiger partial charge on any atom is 0.227 e. The van der Waals surface area contributed by atoms with Crippen LogP contribution < -0.4 is 10.2 Å². The van der Waals surface area contributed by atoms with E-state index < -0.39 is 0 Å². The van der Waals surface area contributed by atoms with Gasteiger partial charge in [0.2, 0.25) is 11.8 Å². The molecule has 1 atom stereocenters. The lowest BCUT2D eigenvalue weighted by molar-refractivity contribution is -0.117. The third kappa shape index (κ3) is 3.32. The molecule has 21 heavy (non-hydrogen) atoms. The van der Waals surface area contributed by atoms with Crippen molar-refractivity contribution in [1.82, 2.24) is 0 Å². The topological polar surface area (TPSA) is 49.4 Å². The van der Waals surface area contributed by atoms with Crippen molar-refractivity contribution in [3.8, 4) is 0 Å². The number of benzene rings is 1. The largest absolute Gasteiger partial charge is 0.326 e. The van der Waals surface area contributed by atoms with E-state index in [-0.39, 0.29) is 11.8 Å². The standard InChI is InChI=1S/C17H20N2O2/c20-16(12-13-4-1-2-5-13)18-14-7-9-15(10-8-14)19-11-3-6-17(19)21/h1,4,7-10,13H,2-3,5-6,11-12H2,(H,18,20)/t13-/m1/s1. The first kappa shape index (κ1) is 13.9. The first-order valence-electron chi connectivity index (χ1n) is 7.59. The Balaban J connectivity index is 1.57. The molecule has 0 saturated carbocycles. The van der Waals surface area contributed by atoms with Crippen LogP contribution in [0.2, 0.25) is 0 Å². The van der Waals surface area contributed by atoms with Gasteiger partial charge in [-0.2, -0.15) is 0 Å². The molecule has 3 rings (SSSR count). The van der Waals surface area contributed by atoms with Crippen LogP contribution in [0.5, 0.6) is 0 Å². The normalized spacial score (nSPS) is 21.0. The summed E-state index contributed by atoms with van der Waals surface area (Å²) in [7, 11) is 0. The van der Waals surface area contributed by atoms with E-state index in [1.54, 1.807) is 4.90 Å². The number of anilines is 2. The van der Waals surface area contributed by atoms with E-state index in [1.807, 2.05) is 24.3 Å². The van der Waals surface area contributed by atoms with Gasteiger partial charge in [0, 0.05) is 30.8 Å². The van der Waals surface area contributed by atoms with Gasteiger partial charge in [-0.3, -0.25) is 9.59 Å². The van der Waals surface area contributed by atoms with Crippen LogP contribution in [-0.2, 0) is 9.59 Å². The van der Waals surface area contributed by atoms with Crippen molar-refractivity contribution in [3.05, 3.63) is 36.4 Å². The lowest BCUT2D eigenvalue weighted by Crippen LogP contribution is -2.23. The first-order valence-corrected chi connectivity index (χ1v) is 7.59. The SMILES string of the molecule is O=C(C[C@@H]1C=CCC1)Nc1ccc(N2CCCC2=O)cc1. The van der Waals surface area contributed by atoms with Crippen LogP contribution in [0, 0.1) is 5.92 Å². The molecular formula is C17H20N2O2. The number of hydrogen-bond acceptors (Lipinski definition) is 2. The Morgan fingerprint density at radius 2 is 2.10 bits per heavy atom. The van der Waals surface area contributed by atoms with Gasteiger partial charge in [0.05, 0.1) is 0 Å². The number of amides is 2. The third-order valence-corrected chi connectivity index (χ3v) is 4.10.